The van der Waals surface area contributed by atoms with Gasteiger partial charge in [-0.3, -0.25) is 0 Å². The fourth-order valence-electron chi connectivity index (χ4n) is 13.1. The summed E-state index contributed by atoms with van der Waals surface area (Å²) in [5.41, 5.74) is 25.8. The minimum atomic E-state index is -0.193. The molecule has 4 nitrogen and oxygen atoms in total. The molecule has 0 radical (unpaired) electrons. The monoisotopic (exact) mass is 896 g/mol. The van der Waals surface area contributed by atoms with Gasteiger partial charge in [-0.15, -0.1) is 0 Å². The van der Waals surface area contributed by atoms with Crippen LogP contribution in [-0.4, -0.2) is 11.8 Å². The normalized spacial score (nSPS) is 16.3. The van der Waals surface area contributed by atoms with Crippen molar-refractivity contribution in [1.82, 2.24) is 4.57 Å². The number of hydrogen-bond donors (Lipinski definition) is 1. The molecule has 4 heterocycles. The van der Waals surface area contributed by atoms with Crippen LogP contribution >= 0.6 is 0 Å². The number of para-hydroxylation sites is 2. The highest BCUT2D eigenvalue weighted by molar-refractivity contribution is 6.74. The number of benzene rings is 8. The molecule has 0 atom stereocenters. The van der Waals surface area contributed by atoms with Crippen molar-refractivity contribution in [3.63, 3.8) is 0 Å². The molecule has 3 aliphatic rings. The number of aryl methyl sites for hydroxylation is 1. The molecule has 0 spiro atoms. The van der Waals surface area contributed by atoms with Gasteiger partial charge in [0, 0.05) is 78.0 Å². The molecule has 14 rings (SSSR count). The van der Waals surface area contributed by atoms with Gasteiger partial charge in [0.2, 0.25) is 0 Å². The molecule has 0 amide bonds. The third-order valence-corrected chi connectivity index (χ3v) is 17.1. The molecule has 0 saturated heterocycles. The Bertz CT molecular complexity index is 4090. The number of nitrogens with one attached hydrogen (secondary N) is 1. The van der Waals surface area contributed by atoms with E-state index in [1.165, 1.54) is 101 Å². The highest BCUT2D eigenvalue weighted by atomic mass is 16.3. The molecule has 338 valence electrons. The lowest BCUT2D eigenvalue weighted by atomic mass is 9.58. The van der Waals surface area contributed by atoms with Crippen LogP contribution in [0.4, 0.5) is 11.4 Å². The predicted molar refractivity (Wildman–Crippen MR) is 293 cm³/mol. The van der Waals surface area contributed by atoms with E-state index in [2.05, 4.69) is 207 Å². The first-order valence-corrected chi connectivity index (χ1v) is 25.1. The summed E-state index contributed by atoms with van der Waals surface area (Å²) in [6.07, 6.45) is 2.38. The number of furan rings is 2. The second-order valence-corrected chi connectivity index (χ2v) is 23.7. The summed E-state index contributed by atoms with van der Waals surface area (Å²) in [6, 6.07) is 48.2. The maximum Gasteiger partial charge on any atom is 0.198 e. The maximum atomic E-state index is 6.63. The van der Waals surface area contributed by atoms with Gasteiger partial charge in [0.1, 0.15) is 22.3 Å². The molecule has 0 bridgehead atoms. The molecule has 1 N–H and O–H groups in total. The molecule has 2 aliphatic carbocycles. The lowest BCUT2D eigenvalue weighted by Gasteiger charge is -2.42. The molecule has 8 aromatic carbocycles. The Balaban J connectivity index is 1.08. The largest absolute Gasteiger partial charge is 0.456 e. The number of anilines is 2. The van der Waals surface area contributed by atoms with E-state index in [0.29, 0.717) is 0 Å². The highest BCUT2D eigenvalue weighted by Gasteiger charge is 2.43. The van der Waals surface area contributed by atoms with Gasteiger partial charge < -0.3 is 18.7 Å². The molecule has 0 saturated carbocycles. The summed E-state index contributed by atoms with van der Waals surface area (Å²) in [6.45, 7) is 23.9. The predicted octanol–water partition coefficient (Wildman–Crippen LogP) is 16.0. The Hall–Kier alpha value is -6.98. The topological polar surface area (TPSA) is 43.2 Å². The fourth-order valence-corrected chi connectivity index (χ4v) is 13.1. The zero-order chi connectivity index (χ0) is 47.3. The van der Waals surface area contributed by atoms with E-state index in [0.717, 1.165) is 68.0 Å². The van der Waals surface area contributed by atoms with Crippen LogP contribution in [0, 0.1) is 6.92 Å². The summed E-state index contributed by atoms with van der Waals surface area (Å²) in [4.78, 5) is 0. The van der Waals surface area contributed by atoms with Crippen LogP contribution in [0.3, 0.4) is 0 Å². The minimum Gasteiger partial charge on any atom is -0.456 e. The molecule has 5 heteroatoms. The summed E-state index contributed by atoms with van der Waals surface area (Å²) < 4.78 is 15.8. The average molecular weight is 897 g/mol. The third kappa shape index (κ3) is 5.65. The van der Waals surface area contributed by atoms with Gasteiger partial charge >= 0.3 is 0 Å². The summed E-state index contributed by atoms with van der Waals surface area (Å²) in [5, 5.41) is 11.2. The van der Waals surface area contributed by atoms with Gasteiger partial charge in [0.15, 0.2) is 7.28 Å². The number of aromatic nitrogens is 1. The molecule has 3 aromatic heterocycles. The Morgan fingerprint density at radius 2 is 1.16 bits per heavy atom. The second-order valence-electron chi connectivity index (χ2n) is 23.7. The van der Waals surface area contributed by atoms with E-state index in [-0.39, 0.29) is 21.7 Å². The first-order chi connectivity index (χ1) is 32.9. The quantitative estimate of drug-likeness (QED) is 0.180. The highest BCUT2D eigenvalue weighted by Crippen LogP contribution is 2.56. The van der Waals surface area contributed by atoms with Crippen molar-refractivity contribution in [2.24, 2.45) is 0 Å². The molecule has 0 unspecified atom stereocenters. The van der Waals surface area contributed by atoms with Crippen molar-refractivity contribution in [1.29, 1.82) is 0 Å². The van der Waals surface area contributed by atoms with Crippen molar-refractivity contribution in [2.75, 3.05) is 5.32 Å². The molecule has 1 aliphatic heterocycles. The first kappa shape index (κ1) is 41.0. The van der Waals surface area contributed by atoms with Crippen LogP contribution in [0.5, 0.6) is 0 Å². The first-order valence-electron chi connectivity index (χ1n) is 25.1. The summed E-state index contributed by atoms with van der Waals surface area (Å²) in [7, 11) is 0.780. The van der Waals surface area contributed by atoms with Crippen molar-refractivity contribution in [3.05, 3.63) is 161 Å². The standard InChI is InChI=1S/C64H57BN2O2/c1-34-25-44(41-26-39-40-28-48-49(63(7,8)24-23-62(48,5)6)30-46(40)64(9,10)47(39)31-51(41)66-36-21-19-35(20-22-36)61(2,3)4)59-60-58(34)45-27-42-37-15-11-13-17-54(37)68-56(42)32-52(45)67(60)53-33-57-43(29-50(53)65-59)38-16-12-14-18-55(38)69-57/h11-22,25-33,65-66H,23-24H2,1-10H3. The number of fused-ring (bicyclic) bond motifs is 15. The van der Waals surface area contributed by atoms with E-state index in [1.54, 1.807) is 0 Å². The number of rotatable bonds is 3. The van der Waals surface area contributed by atoms with Crippen molar-refractivity contribution in [2.45, 2.75) is 104 Å². The van der Waals surface area contributed by atoms with E-state index in [1.807, 2.05) is 0 Å². The smallest absolute Gasteiger partial charge is 0.198 e. The van der Waals surface area contributed by atoms with Gasteiger partial charge in [-0.2, -0.15) is 0 Å². The average Bonchev–Trinajstić information content (AvgIpc) is 4.03. The van der Waals surface area contributed by atoms with Gasteiger partial charge in [-0.1, -0.05) is 135 Å². The molecule has 11 aromatic rings. The van der Waals surface area contributed by atoms with Gasteiger partial charge in [0.05, 0.1) is 5.52 Å². The Kier molecular flexibility index (Phi) is 7.98. The molecular weight excluding hydrogens is 840 g/mol. The van der Waals surface area contributed by atoms with Gasteiger partial charge in [0.25, 0.3) is 0 Å². The molecule has 69 heavy (non-hydrogen) atoms. The van der Waals surface area contributed by atoms with Crippen molar-refractivity contribution >= 4 is 95.3 Å². The number of nitrogens with zero attached hydrogens (tertiary/aromatic N) is 1. The minimum absolute atomic E-state index is 0.0592. The van der Waals surface area contributed by atoms with Gasteiger partial charge in [-0.05, 0) is 140 Å². The Morgan fingerprint density at radius 3 is 1.84 bits per heavy atom. The lowest BCUT2D eigenvalue weighted by molar-refractivity contribution is 0.331. The van der Waals surface area contributed by atoms with E-state index < -0.39 is 0 Å². The molecule has 0 fully saturated rings. The van der Waals surface area contributed by atoms with Crippen molar-refractivity contribution < 1.29 is 8.83 Å². The van der Waals surface area contributed by atoms with E-state index in [9.17, 15) is 0 Å². The Morgan fingerprint density at radius 1 is 0.551 bits per heavy atom. The van der Waals surface area contributed by atoms with E-state index >= 15 is 0 Å². The van der Waals surface area contributed by atoms with Crippen molar-refractivity contribution in [3.8, 4) is 27.9 Å². The Labute approximate surface area is 404 Å². The zero-order valence-electron chi connectivity index (χ0n) is 41.5. The SMILES string of the molecule is Cc1cc(-c2cc3c(cc2Nc2ccc(C(C)(C)C)cc2)C(C)(C)c2cc4c(cc2-3)C(C)(C)CCC4(C)C)c2c3c1c1cc4c(cc1n3-c1cc3oc5ccccc5c3cc1B2)oc1ccccc14. The third-order valence-electron chi connectivity index (χ3n) is 17.1. The van der Waals surface area contributed by atoms with Crippen LogP contribution in [0.25, 0.3) is 93.6 Å². The summed E-state index contributed by atoms with van der Waals surface area (Å²) in [5.74, 6) is 0. The van der Waals surface area contributed by atoms with E-state index in [4.69, 9.17) is 8.83 Å². The lowest BCUT2D eigenvalue weighted by Crippen LogP contribution is -2.37. The van der Waals surface area contributed by atoms with Crippen LogP contribution in [0.2, 0.25) is 0 Å². The molecular formula is C64H57BN2O2. The summed E-state index contributed by atoms with van der Waals surface area (Å²) >= 11 is 0. The van der Waals surface area contributed by atoms with Gasteiger partial charge in [-0.25, -0.2) is 0 Å². The van der Waals surface area contributed by atoms with Crippen LogP contribution < -0.4 is 16.2 Å². The fraction of sp³-hybridized carbons (Fsp3) is 0.250. The van der Waals surface area contributed by atoms with Crippen LogP contribution in [-0.2, 0) is 21.7 Å². The number of hydrogen-bond acceptors (Lipinski definition) is 3. The van der Waals surface area contributed by atoms with Crippen LogP contribution in [0.15, 0.2) is 136 Å². The maximum absolute atomic E-state index is 6.63. The van der Waals surface area contributed by atoms with Crippen LogP contribution in [0.1, 0.15) is 109 Å². The zero-order valence-corrected chi connectivity index (χ0v) is 41.5. The second kappa shape index (κ2) is 13.4.